The number of methoxy groups -OCH3 is 1. The maximum Gasteiger partial charge on any atom is 0.321 e. The van der Waals surface area contributed by atoms with Crippen LogP contribution < -0.4 is 15.5 Å². The number of amides is 3. The predicted molar refractivity (Wildman–Crippen MR) is 85.1 cm³/mol. The van der Waals surface area contributed by atoms with Gasteiger partial charge in [0.1, 0.15) is 0 Å². The van der Waals surface area contributed by atoms with E-state index in [2.05, 4.69) is 29.7 Å². The van der Waals surface area contributed by atoms with Crippen molar-refractivity contribution in [3.63, 3.8) is 0 Å². The van der Waals surface area contributed by atoms with Crippen LogP contribution in [0.1, 0.15) is 17.5 Å². The Balaban J connectivity index is 1.89. The molecule has 120 valence electrons. The Labute approximate surface area is 130 Å². The molecule has 2 N–H and O–H groups in total. The summed E-state index contributed by atoms with van der Waals surface area (Å²) in [4.78, 5) is 25.6. The first-order chi connectivity index (χ1) is 10.6. The number of anilines is 1. The van der Waals surface area contributed by atoms with Gasteiger partial charge in [0.2, 0.25) is 5.91 Å². The Morgan fingerprint density at radius 1 is 1.36 bits per heavy atom. The van der Waals surface area contributed by atoms with Crippen LogP contribution in [0.2, 0.25) is 0 Å². The summed E-state index contributed by atoms with van der Waals surface area (Å²) in [5.74, 6) is -0.302. The molecule has 0 spiro atoms. The number of fused-ring (bicyclic) bond motifs is 1. The molecule has 0 fully saturated rings. The van der Waals surface area contributed by atoms with Crippen LogP contribution in [-0.2, 0) is 16.0 Å². The van der Waals surface area contributed by atoms with Crippen molar-refractivity contribution < 1.29 is 14.3 Å². The second-order valence-corrected chi connectivity index (χ2v) is 5.45. The van der Waals surface area contributed by atoms with Gasteiger partial charge in [-0.15, -0.1) is 0 Å². The molecule has 1 aliphatic rings. The van der Waals surface area contributed by atoms with E-state index >= 15 is 0 Å². The van der Waals surface area contributed by atoms with Gasteiger partial charge in [0.15, 0.2) is 0 Å². The molecule has 6 heteroatoms. The van der Waals surface area contributed by atoms with Crippen LogP contribution in [0.15, 0.2) is 18.2 Å². The van der Waals surface area contributed by atoms with Gasteiger partial charge in [-0.2, -0.15) is 0 Å². The maximum atomic E-state index is 12.0. The fraction of sp³-hybridized carbons (Fsp3) is 0.500. The molecule has 0 bridgehead atoms. The lowest BCUT2D eigenvalue weighted by molar-refractivity contribution is -0.118. The smallest absolute Gasteiger partial charge is 0.321 e. The van der Waals surface area contributed by atoms with Crippen LogP contribution in [0.3, 0.4) is 0 Å². The zero-order valence-electron chi connectivity index (χ0n) is 13.1. The first kappa shape index (κ1) is 16.3. The van der Waals surface area contributed by atoms with Gasteiger partial charge in [-0.3, -0.25) is 10.1 Å². The number of carbonyl (C=O) groups is 2. The number of hydrogen-bond donors (Lipinski definition) is 2. The summed E-state index contributed by atoms with van der Waals surface area (Å²) in [5.41, 5.74) is 3.58. The molecule has 0 atom stereocenters. The van der Waals surface area contributed by atoms with E-state index in [4.69, 9.17) is 4.74 Å². The molecule has 0 aromatic heterocycles. The monoisotopic (exact) mass is 305 g/mol. The van der Waals surface area contributed by atoms with Crippen molar-refractivity contribution in [1.82, 2.24) is 10.6 Å². The highest BCUT2D eigenvalue weighted by Gasteiger charge is 2.19. The second kappa shape index (κ2) is 7.79. The third kappa shape index (κ3) is 4.46. The van der Waals surface area contributed by atoms with Crippen LogP contribution in [-0.4, -0.2) is 45.3 Å². The Bertz CT molecular complexity index is 545. The number of nitrogens with zero attached hydrogens (tertiary/aromatic N) is 1. The van der Waals surface area contributed by atoms with E-state index in [1.807, 2.05) is 11.0 Å². The fourth-order valence-electron chi connectivity index (χ4n) is 2.62. The van der Waals surface area contributed by atoms with Crippen molar-refractivity contribution in [3.05, 3.63) is 29.3 Å². The van der Waals surface area contributed by atoms with E-state index in [0.717, 1.165) is 25.1 Å². The number of aryl methyl sites for hydroxylation is 2. The standard InChI is InChI=1S/C16H23N3O3/c1-12-5-6-14-13(10-12)4-3-8-19(14)11-15(20)18-16(21)17-7-9-22-2/h5-6,10H,3-4,7-9,11H2,1-2H3,(H2,17,18,20,21). The summed E-state index contributed by atoms with van der Waals surface area (Å²) in [6, 6.07) is 5.78. The van der Waals surface area contributed by atoms with Gasteiger partial charge in [0.25, 0.3) is 0 Å². The largest absolute Gasteiger partial charge is 0.383 e. The molecule has 1 aromatic rings. The Morgan fingerprint density at radius 2 is 2.18 bits per heavy atom. The van der Waals surface area contributed by atoms with Gasteiger partial charge in [0, 0.05) is 25.9 Å². The summed E-state index contributed by atoms with van der Waals surface area (Å²) in [5, 5.41) is 4.91. The van der Waals surface area contributed by atoms with Gasteiger partial charge in [-0.05, 0) is 31.4 Å². The number of ether oxygens (including phenoxy) is 1. The van der Waals surface area contributed by atoms with Crippen molar-refractivity contribution in [3.8, 4) is 0 Å². The number of rotatable bonds is 5. The minimum Gasteiger partial charge on any atom is -0.383 e. The SMILES string of the molecule is COCCNC(=O)NC(=O)CN1CCCc2cc(C)ccc21. The molecule has 3 amide bonds. The number of urea groups is 1. The van der Waals surface area contributed by atoms with Crippen LogP contribution in [0.25, 0.3) is 0 Å². The van der Waals surface area contributed by atoms with Crippen molar-refractivity contribution in [2.75, 3.05) is 38.3 Å². The van der Waals surface area contributed by atoms with Crippen molar-refractivity contribution >= 4 is 17.6 Å². The average molecular weight is 305 g/mol. The first-order valence-electron chi connectivity index (χ1n) is 7.51. The number of benzene rings is 1. The second-order valence-electron chi connectivity index (χ2n) is 5.45. The van der Waals surface area contributed by atoms with Crippen LogP contribution >= 0.6 is 0 Å². The molecule has 1 aliphatic heterocycles. The van der Waals surface area contributed by atoms with Crippen molar-refractivity contribution in [1.29, 1.82) is 0 Å². The lowest BCUT2D eigenvalue weighted by Crippen LogP contribution is -2.46. The Morgan fingerprint density at radius 3 is 2.95 bits per heavy atom. The average Bonchev–Trinajstić information content (AvgIpc) is 2.47. The van der Waals surface area contributed by atoms with E-state index < -0.39 is 6.03 Å². The topological polar surface area (TPSA) is 70.7 Å². The molecule has 0 saturated heterocycles. The summed E-state index contributed by atoms with van der Waals surface area (Å²) in [6.07, 6.45) is 2.05. The number of nitrogens with one attached hydrogen (secondary N) is 2. The summed E-state index contributed by atoms with van der Waals surface area (Å²) in [7, 11) is 1.56. The maximum absolute atomic E-state index is 12.0. The van der Waals surface area contributed by atoms with E-state index in [1.165, 1.54) is 11.1 Å². The summed E-state index contributed by atoms with van der Waals surface area (Å²) in [6.45, 7) is 3.88. The van der Waals surface area contributed by atoms with Crippen molar-refractivity contribution in [2.24, 2.45) is 0 Å². The highest BCUT2D eigenvalue weighted by molar-refractivity contribution is 5.96. The molecule has 0 unspecified atom stereocenters. The van der Waals surface area contributed by atoms with E-state index in [0.29, 0.717) is 13.2 Å². The molecule has 0 saturated carbocycles. The van der Waals surface area contributed by atoms with Crippen LogP contribution in [0.5, 0.6) is 0 Å². The molecular formula is C16H23N3O3. The third-order valence-corrected chi connectivity index (χ3v) is 3.63. The molecule has 2 rings (SSSR count). The highest BCUT2D eigenvalue weighted by Crippen LogP contribution is 2.27. The molecule has 0 radical (unpaired) electrons. The van der Waals surface area contributed by atoms with E-state index in [-0.39, 0.29) is 12.5 Å². The van der Waals surface area contributed by atoms with Gasteiger partial charge in [0.05, 0.1) is 13.2 Å². The Hall–Kier alpha value is -2.08. The third-order valence-electron chi connectivity index (χ3n) is 3.63. The molecule has 1 heterocycles. The van der Waals surface area contributed by atoms with Crippen LogP contribution in [0.4, 0.5) is 10.5 Å². The lowest BCUT2D eigenvalue weighted by Gasteiger charge is -2.30. The minimum atomic E-state index is -0.483. The van der Waals surface area contributed by atoms with Gasteiger partial charge >= 0.3 is 6.03 Å². The summed E-state index contributed by atoms with van der Waals surface area (Å²) < 4.78 is 4.83. The molecule has 0 aliphatic carbocycles. The lowest BCUT2D eigenvalue weighted by atomic mass is 9.99. The molecule has 6 nitrogen and oxygen atoms in total. The Kier molecular flexibility index (Phi) is 5.77. The molecular weight excluding hydrogens is 282 g/mol. The molecule has 1 aromatic carbocycles. The van der Waals surface area contributed by atoms with Gasteiger partial charge in [-0.25, -0.2) is 4.79 Å². The number of hydrogen-bond acceptors (Lipinski definition) is 4. The van der Waals surface area contributed by atoms with Crippen LogP contribution in [0, 0.1) is 6.92 Å². The van der Waals surface area contributed by atoms with Crippen molar-refractivity contribution in [2.45, 2.75) is 19.8 Å². The predicted octanol–water partition coefficient (Wildman–Crippen LogP) is 1.22. The molecule has 22 heavy (non-hydrogen) atoms. The van der Waals surface area contributed by atoms with E-state index in [9.17, 15) is 9.59 Å². The number of imide groups is 1. The minimum absolute atomic E-state index is 0.188. The zero-order valence-corrected chi connectivity index (χ0v) is 13.1. The fourth-order valence-corrected chi connectivity index (χ4v) is 2.62. The highest BCUT2D eigenvalue weighted by atomic mass is 16.5. The number of carbonyl (C=O) groups excluding carboxylic acids is 2. The van der Waals surface area contributed by atoms with Gasteiger partial charge < -0.3 is 15.0 Å². The normalized spacial score (nSPS) is 13.5. The van der Waals surface area contributed by atoms with Gasteiger partial charge in [-0.1, -0.05) is 17.7 Å². The quantitative estimate of drug-likeness (QED) is 0.803. The van der Waals surface area contributed by atoms with E-state index in [1.54, 1.807) is 7.11 Å². The first-order valence-corrected chi connectivity index (χ1v) is 7.51. The zero-order chi connectivity index (χ0) is 15.9. The summed E-state index contributed by atoms with van der Waals surface area (Å²) >= 11 is 0.